The van der Waals surface area contributed by atoms with Crippen LogP contribution in [0, 0.1) is 11.8 Å². The summed E-state index contributed by atoms with van der Waals surface area (Å²) in [7, 11) is 0. The molecule has 2 heterocycles. The third-order valence-electron chi connectivity index (χ3n) is 4.96. The summed E-state index contributed by atoms with van der Waals surface area (Å²) in [6.07, 6.45) is 4.55. The van der Waals surface area contributed by atoms with Gasteiger partial charge in [-0.25, -0.2) is 0 Å². The van der Waals surface area contributed by atoms with E-state index in [0.29, 0.717) is 5.89 Å². The normalized spacial score (nSPS) is 23.9. The molecule has 2 atom stereocenters. The van der Waals surface area contributed by atoms with E-state index in [0.717, 1.165) is 44.2 Å². The van der Waals surface area contributed by atoms with Crippen molar-refractivity contribution < 1.29 is 9.32 Å². The summed E-state index contributed by atoms with van der Waals surface area (Å²) in [4.78, 5) is 19.1. The van der Waals surface area contributed by atoms with E-state index < -0.39 is 0 Å². The number of nitrogens with zero attached hydrogens (tertiary/aromatic N) is 3. The van der Waals surface area contributed by atoms with Crippen molar-refractivity contribution in [3.63, 3.8) is 0 Å². The highest BCUT2D eigenvalue weighted by molar-refractivity contribution is 5.79. The Morgan fingerprint density at radius 1 is 1.35 bits per heavy atom. The van der Waals surface area contributed by atoms with Gasteiger partial charge in [0, 0.05) is 19.0 Å². The zero-order valence-corrected chi connectivity index (χ0v) is 14.4. The summed E-state index contributed by atoms with van der Waals surface area (Å²) in [6.45, 7) is 8.80. The molecule has 0 bridgehead atoms. The highest BCUT2D eigenvalue weighted by Crippen LogP contribution is 2.29. The van der Waals surface area contributed by atoms with Crippen LogP contribution in [0.5, 0.6) is 0 Å². The van der Waals surface area contributed by atoms with E-state index in [4.69, 9.17) is 4.52 Å². The molecule has 2 aliphatic rings. The minimum Gasteiger partial charge on any atom is -0.356 e. The second kappa shape index (κ2) is 6.99. The van der Waals surface area contributed by atoms with E-state index in [2.05, 4.69) is 41.1 Å². The van der Waals surface area contributed by atoms with E-state index in [1.807, 2.05) is 0 Å². The smallest absolute Gasteiger partial charge is 0.243 e. The number of amides is 1. The van der Waals surface area contributed by atoms with Gasteiger partial charge in [0.25, 0.3) is 0 Å². The Bertz CT molecular complexity index is 538. The third-order valence-corrected chi connectivity index (χ3v) is 4.96. The predicted octanol–water partition coefficient (Wildman–Crippen LogP) is 2.49. The average Bonchev–Trinajstić information content (AvgIpc) is 3.25. The second-order valence-electron chi connectivity index (χ2n) is 7.34. The molecule has 128 valence electrons. The maximum Gasteiger partial charge on any atom is 0.243 e. The number of aromatic nitrogens is 2. The molecule has 1 aromatic rings. The second-order valence-corrected chi connectivity index (χ2v) is 7.34. The topological polar surface area (TPSA) is 71.3 Å². The first-order chi connectivity index (χ1) is 11.0. The van der Waals surface area contributed by atoms with Gasteiger partial charge in [-0.15, -0.1) is 0 Å². The number of carbonyl (C=O) groups is 1. The number of likely N-dealkylation sites (tertiary alicyclic amines) is 1. The van der Waals surface area contributed by atoms with Gasteiger partial charge in [-0.1, -0.05) is 19.0 Å². The van der Waals surface area contributed by atoms with Crippen LogP contribution < -0.4 is 5.32 Å². The molecule has 2 unspecified atom stereocenters. The largest absolute Gasteiger partial charge is 0.356 e. The van der Waals surface area contributed by atoms with Gasteiger partial charge in [-0.3, -0.25) is 9.69 Å². The summed E-state index contributed by atoms with van der Waals surface area (Å²) in [5.74, 6) is 2.70. The standard InChI is InChI=1S/C17H28N4O2/c1-11(2)15-19-17(23-20-15)12(3)21-8-4-5-14(10-21)16(22)18-9-13-6-7-13/h11-14H,4-10H2,1-3H3,(H,18,22). The Labute approximate surface area is 138 Å². The highest BCUT2D eigenvalue weighted by atomic mass is 16.5. The number of carbonyl (C=O) groups excluding carboxylic acids is 1. The van der Waals surface area contributed by atoms with E-state index in [9.17, 15) is 4.79 Å². The minimum absolute atomic E-state index is 0.0639. The SMILES string of the molecule is CC(C)c1noc(C(C)N2CCCC(C(=O)NCC3CC3)C2)n1. The van der Waals surface area contributed by atoms with Crippen LogP contribution in [0.1, 0.15) is 70.1 Å². The molecule has 1 aliphatic heterocycles. The maximum absolute atomic E-state index is 12.3. The van der Waals surface area contributed by atoms with Crippen LogP contribution in [0.2, 0.25) is 0 Å². The lowest BCUT2D eigenvalue weighted by Crippen LogP contribution is -2.44. The zero-order chi connectivity index (χ0) is 16.4. The van der Waals surface area contributed by atoms with Gasteiger partial charge >= 0.3 is 0 Å². The number of rotatable bonds is 6. The first-order valence-corrected chi connectivity index (χ1v) is 8.90. The Morgan fingerprint density at radius 2 is 2.13 bits per heavy atom. The van der Waals surface area contributed by atoms with E-state index in [-0.39, 0.29) is 23.8 Å². The van der Waals surface area contributed by atoms with Crippen LogP contribution in [0.25, 0.3) is 0 Å². The minimum atomic E-state index is 0.0639. The fourth-order valence-electron chi connectivity index (χ4n) is 3.09. The number of hydrogen-bond acceptors (Lipinski definition) is 5. The van der Waals surface area contributed by atoms with E-state index >= 15 is 0 Å². The summed E-state index contributed by atoms with van der Waals surface area (Å²) in [5.41, 5.74) is 0. The molecular weight excluding hydrogens is 292 g/mol. The predicted molar refractivity (Wildman–Crippen MR) is 86.8 cm³/mol. The quantitative estimate of drug-likeness (QED) is 0.872. The molecule has 6 heteroatoms. The van der Waals surface area contributed by atoms with Crippen LogP contribution in [0.4, 0.5) is 0 Å². The Morgan fingerprint density at radius 3 is 2.78 bits per heavy atom. The van der Waals surface area contributed by atoms with Crippen molar-refractivity contribution in [1.29, 1.82) is 0 Å². The van der Waals surface area contributed by atoms with Gasteiger partial charge in [0.2, 0.25) is 11.8 Å². The maximum atomic E-state index is 12.3. The first kappa shape index (κ1) is 16.4. The van der Waals surface area contributed by atoms with Crippen molar-refractivity contribution >= 4 is 5.91 Å². The van der Waals surface area contributed by atoms with Crippen molar-refractivity contribution in [2.45, 2.75) is 58.4 Å². The summed E-state index contributed by atoms with van der Waals surface area (Å²) in [5, 5.41) is 7.17. The molecule has 1 saturated heterocycles. The molecular formula is C17H28N4O2. The fourth-order valence-corrected chi connectivity index (χ4v) is 3.09. The van der Waals surface area contributed by atoms with Crippen LogP contribution in [0.15, 0.2) is 4.52 Å². The number of piperidine rings is 1. The molecule has 0 spiro atoms. The van der Waals surface area contributed by atoms with E-state index in [1.165, 1.54) is 12.8 Å². The lowest BCUT2D eigenvalue weighted by molar-refractivity contribution is -0.127. The van der Waals surface area contributed by atoms with Gasteiger partial charge < -0.3 is 9.84 Å². The van der Waals surface area contributed by atoms with Crippen molar-refractivity contribution in [3.05, 3.63) is 11.7 Å². The van der Waals surface area contributed by atoms with Crippen molar-refractivity contribution in [3.8, 4) is 0 Å². The molecule has 23 heavy (non-hydrogen) atoms. The average molecular weight is 320 g/mol. The molecule has 1 amide bonds. The Kier molecular flexibility index (Phi) is 4.99. The van der Waals surface area contributed by atoms with Crippen molar-refractivity contribution in [2.75, 3.05) is 19.6 Å². The lowest BCUT2D eigenvalue weighted by atomic mass is 9.96. The molecule has 1 N–H and O–H groups in total. The van der Waals surface area contributed by atoms with Crippen LogP contribution >= 0.6 is 0 Å². The summed E-state index contributed by atoms with van der Waals surface area (Å²) in [6, 6.07) is 0.0639. The van der Waals surface area contributed by atoms with Crippen LogP contribution in [-0.2, 0) is 4.79 Å². The molecule has 0 radical (unpaired) electrons. The van der Waals surface area contributed by atoms with Gasteiger partial charge in [0.05, 0.1) is 12.0 Å². The monoisotopic (exact) mass is 320 g/mol. The third kappa shape index (κ3) is 4.10. The number of hydrogen-bond donors (Lipinski definition) is 1. The van der Waals surface area contributed by atoms with Crippen LogP contribution in [0.3, 0.4) is 0 Å². The van der Waals surface area contributed by atoms with Crippen LogP contribution in [-0.4, -0.2) is 40.6 Å². The first-order valence-electron chi connectivity index (χ1n) is 8.90. The van der Waals surface area contributed by atoms with E-state index in [1.54, 1.807) is 0 Å². The highest BCUT2D eigenvalue weighted by Gasteiger charge is 2.31. The van der Waals surface area contributed by atoms with Gasteiger partial charge in [0.15, 0.2) is 5.82 Å². The molecule has 1 saturated carbocycles. The summed E-state index contributed by atoms with van der Waals surface area (Å²) >= 11 is 0. The zero-order valence-electron chi connectivity index (χ0n) is 14.4. The van der Waals surface area contributed by atoms with Gasteiger partial charge in [-0.05, 0) is 45.1 Å². The molecule has 3 rings (SSSR count). The summed E-state index contributed by atoms with van der Waals surface area (Å²) < 4.78 is 5.42. The molecule has 1 aliphatic carbocycles. The van der Waals surface area contributed by atoms with Gasteiger partial charge in [0.1, 0.15) is 0 Å². The van der Waals surface area contributed by atoms with Crippen molar-refractivity contribution in [1.82, 2.24) is 20.4 Å². The Balaban J connectivity index is 1.56. The molecule has 6 nitrogen and oxygen atoms in total. The van der Waals surface area contributed by atoms with Crippen molar-refractivity contribution in [2.24, 2.45) is 11.8 Å². The molecule has 0 aromatic carbocycles. The molecule has 1 aromatic heterocycles. The van der Waals surface area contributed by atoms with Gasteiger partial charge in [-0.2, -0.15) is 4.98 Å². The lowest BCUT2D eigenvalue weighted by Gasteiger charge is -2.34. The molecule has 2 fully saturated rings. The fraction of sp³-hybridized carbons (Fsp3) is 0.824. The Hall–Kier alpha value is -1.43. The number of nitrogens with one attached hydrogen (secondary N) is 1.